The summed E-state index contributed by atoms with van der Waals surface area (Å²) in [6, 6.07) is 5.42. The van der Waals surface area contributed by atoms with Gasteiger partial charge in [-0.2, -0.15) is 0 Å². The van der Waals surface area contributed by atoms with E-state index in [1.54, 1.807) is 19.9 Å². The topological polar surface area (TPSA) is 92.2 Å². The predicted molar refractivity (Wildman–Crippen MR) is 73.5 cm³/mol. The Morgan fingerprint density at radius 3 is 2.70 bits per heavy atom. The number of carboxylic acids is 1. The number of amides is 1. The Morgan fingerprint density at radius 1 is 1.30 bits per heavy atom. The first-order chi connectivity index (χ1) is 9.43. The minimum atomic E-state index is -0.920. The first kappa shape index (κ1) is 13.3. The third-order valence-corrected chi connectivity index (χ3v) is 5.06. The van der Waals surface area contributed by atoms with E-state index in [2.05, 4.69) is 13.3 Å². The van der Waals surface area contributed by atoms with Crippen molar-refractivity contribution >= 4 is 43.6 Å². The van der Waals surface area contributed by atoms with Crippen LogP contribution in [0.3, 0.4) is 0 Å². The maximum absolute atomic E-state index is 12.3. The molecule has 2 aromatic rings. The number of rotatable bonds is 3. The molecule has 1 fully saturated rings. The minimum absolute atomic E-state index is 0.161. The van der Waals surface area contributed by atoms with Crippen molar-refractivity contribution in [2.45, 2.75) is 13.8 Å². The van der Waals surface area contributed by atoms with E-state index in [1.165, 1.54) is 0 Å². The van der Waals surface area contributed by atoms with Crippen LogP contribution in [0.1, 0.15) is 13.8 Å². The van der Waals surface area contributed by atoms with Gasteiger partial charge in [-0.15, -0.1) is 0 Å². The van der Waals surface area contributed by atoms with E-state index >= 15 is 0 Å². The van der Waals surface area contributed by atoms with Gasteiger partial charge in [-0.05, 0) is 0 Å². The molecular weight excluding hydrogens is 325 g/mol. The third-order valence-electron chi connectivity index (χ3n) is 3.92. The Labute approximate surface area is 121 Å². The molecule has 2 atom stereocenters. The first-order valence-electron chi connectivity index (χ1n) is 6.18. The number of carboxylic acid groups (broad SMARTS) is 1. The molecule has 0 bridgehead atoms. The summed E-state index contributed by atoms with van der Waals surface area (Å²) in [7, 11) is 0. The van der Waals surface area contributed by atoms with Gasteiger partial charge in [0, 0.05) is 0 Å². The molecule has 0 saturated heterocycles. The van der Waals surface area contributed by atoms with Gasteiger partial charge in [-0.25, -0.2) is 0 Å². The summed E-state index contributed by atoms with van der Waals surface area (Å²) in [6.45, 7) is 3.60. The van der Waals surface area contributed by atoms with Crippen molar-refractivity contribution in [2.75, 3.05) is 5.32 Å². The molecule has 104 valence electrons. The van der Waals surface area contributed by atoms with Crippen molar-refractivity contribution in [1.82, 2.24) is 7.96 Å². The van der Waals surface area contributed by atoms with Gasteiger partial charge >= 0.3 is 121 Å². The van der Waals surface area contributed by atoms with E-state index in [9.17, 15) is 9.59 Å². The molecule has 1 aliphatic carbocycles. The number of anilines is 1. The fourth-order valence-corrected chi connectivity index (χ4v) is 3.86. The molecule has 1 aromatic heterocycles. The Morgan fingerprint density at radius 2 is 2.05 bits per heavy atom. The van der Waals surface area contributed by atoms with Gasteiger partial charge < -0.3 is 0 Å². The van der Waals surface area contributed by atoms with Crippen molar-refractivity contribution in [3.8, 4) is 0 Å². The molecule has 1 aliphatic rings. The molecule has 1 amide bonds. The third kappa shape index (κ3) is 1.94. The first-order valence-corrected chi connectivity index (χ1v) is 7.71. The number of benzene rings is 1. The van der Waals surface area contributed by atoms with E-state index in [-0.39, 0.29) is 20.9 Å². The van der Waals surface area contributed by atoms with Crippen LogP contribution >= 0.6 is 0 Å². The van der Waals surface area contributed by atoms with Gasteiger partial charge in [-0.3, -0.25) is 0 Å². The number of aromatic nitrogens is 2. The molecule has 1 heterocycles. The van der Waals surface area contributed by atoms with Crippen LogP contribution in [0.15, 0.2) is 18.2 Å². The predicted octanol–water partition coefficient (Wildman–Crippen LogP) is 0.982. The van der Waals surface area contributed by atoms with Crippen LogP contribution in [0, 0.1) is 17.3 Å². The van der Waals surface area contributed by atoms with Crippen LogP contribution in [0.4, 0.5) is 5.69 Å². The number of carbonyl (C=O) groups excluding carboxylic acids is 1. The van der Waals surface area contributed by atoms with E-state index in [1.807, 2.05) is 12.1 Å². The number of hydrogen-bond acceptors (Lipinski definition) is 4. The van der Waals surface area contributed by atoms with Crippen molar-refractivity contribution in [3.05, 3.63) is 18.2 Å². The van der Waals surface area contributed by atoms with Crippen LogP contribution in [-0.2, 0) is 9.59 Å². The van der Waals surface area contributed by atoms with Crippen LogP contribution in [0.25, 0.3) is 11.0 Å². The van der Waals surface area contributed by atoms with Gasteiger partial charge in [0.2, 0.25) is 0 Å². The molecule has 2 unspecified atom stereocenters. The molecule has 2 N–H and O–H groups in total. The van der Waals surface area contributed by atoms with E-state index in [4.69, 9.17) is 5.11 Å². The Kier molecular flexibility index (Phi) is 2.92. The number of carbonyl (C=O) groups is 2. The quantitative estimate of drug-likeness (QED) is 0.814. The summed E-state index contributed by atoms with van der Waals surface area (Å²) in [5.74, 6) is -2.30. The fraction of sp³-hybridized carbons (Fsp3) is 0.385. The number of aliphatic carboxylic acids is 1. The zero-order chi connectivity index (χ0) is 14.5. The summed E-state index contributed by atoms with van der Waals surface area (Å²) in [5, 5.41) is 11.9. The van der Waals surface area contributed by atoms with E-state index in [0.29, 0.717) is 11.2 Å². The molecule has 3 rings (SSSR count). The van der Waals surface area contributed by atoms with Gasteiger partial charge in [0.25, 0.3) is 0 Å². The molecule has 20 heavy (non-hydrogen) atoms. The van der Waals surface area contributed by atoms with Crippen molar-refractivity contribution < 1.29 is 14.7 Å². The molecule has 1 saturated carbocycles. The number of nitrogens with one attached hydrogen (secondary N) is 1. The molecule has 6 nitrogen and oxygen atoms in total. The molecule has 1 aromatic carbocycles. The number of fused-ring (bicyclic) bond motifs is 1. The number of hydrogen-bond donors (Lipinski definition) is 2. The average Bonchev–Trinajstić information content (AvgIpc) is 2.73. The Balaban J connectivity index is 1.84. The van der Waals surface area contributed by atoms with Crippen LogP contribution in [0.2, 0.25) is 0 Å². The molecule has 7 heteroatoms. The van der Waals surface area contributed by atoms with Gasteiger partial charge in [0.05, 0.1) is 0 Å². The second-order valence-electron chi connectivity index (χ2n) is 5.54. The molecule has 0 aliphatic heterocycles. The van der Waals surface area contributed by atoms with E-state index in [0.717, 1.165) is 5.52 Å². The molecular formula is C13H13N3O3Se. The average molecular weight is 338 g/mol. The molecule has 0 spiro atoms. The second kappa shape index (κ2) is 4.39. The van der Waals surface area contributed by atoms with Crippen molar-refractivity contribution in [2.24, 2.45) is 17.3 Å². The van der Waals surface area contributed by atoms with Crippen LogP contribution in [0.5, 0.6) is 0 Å². The van der Waals surface area contributed by atoms with Gasteiger partial charge in [-0.1, -0.05) is 0 Å². The summed E-state index contributed by atoms with van der Waals surface area (Å²) < 4.78 is 8.54. The summed E-state index contributed by atoms with van der Waals surface area (Å²) in [4.78, 5) is 23.4. The van der Waals surface area contributed by atoms with Crippen LogP contribution < -0.4 is 5.32 Å². The SMILES string of the molecule is CC1(C)C(C(=O)O)C1C(=O)Nc1cccc2n[se]nc12. The van der Waals surface area contributed by atoms with Gasteiger partial charge in [0.15, 0.2) is 0 Å². The Hall–Kier alpha value is -1.72. The fourth-order valence-electron chi connectivity index (χ4n) is 2.71. The normalized spacial score (nSPS) is 23.5. The van der Waals surface area contributed by atoms with Crippen molar-refractivity contribution in [1.29, 1.82) is 0 Å². The molecule has 0 radical (unpaired) electrons. The number of nitrogens with zero attached hydrogens (tertiary/aromatic N) is 2. The van der Waals surface area contributed by atoms with Crippen molar-refractivity contribution in [3.63, 3.8) is 0 Å². The second-order valence-corrected chi connectivity index (χ2v) is 6.65. The zero-order valence-corrected chi connectivity index (χ0v) is 12.7. The van der Waals surface area contributed by atoms with E-state index < -0.39 is 23.2 Å². The van der Waals surface area contributed by atoms with Crippen LogP contribution in [-0.4, -0.2) is 39.9 Å². The summed E-state index contributed by atoms with van der Waals surface area (Å²) >= 11 is -0.161. The standard InChI is InChI=1S/C13H13N3O3Se/c1-13(2)8(9(13)12(18)19)11(17)14-6-4-3-5-7-10(6)16-20-15-7/h3-5,8-9H,1-2H3,(H,14,17)(H,18,19). The Bertz CT molecular complexity index is 710. The monoisotopic (exact) mass is 339 g/mol. The summed E-state index contributed by atoms with van der Waals surface area (Å²) in [6.07, 6.45) is 0. The maximum atomic E-state index is 12.3. The summed E-state index contributed by atoms with van der Waals surface area (Å²) in [5.41, 5.74) is 1.60. The van der Waals surface area contributed by atoms with Gasteiger partial charge in [0.1, 0.15) is 0 Å². The zero-order valence-electron chi connectivity index (χ0n) is 11.0.